The van der Waals surface area contributed by atoms with E-state index in [1.54, 1.807) is 16.5 Å². The summed E-state index contributed by atoms with van der Waals surface area (Å²) >= 11 is 1.34. The number of carbonyl (C=O) groups is 2. The number of carbonyl (C=O) groups excluding carboxylic acids is 2. The lowest BCUT2D eigenvalue weighted by Crippen LogP contribution is -2.50. The van der Waals surface area contributed by atoms with Crippen LogP contribution in [-0.4, -0.2) is 53.0 Å². The Morgan fingerprint density at radius 2 is 2.27 bits per heavy atom. The summed E-state index contributed by atoms with van der Waals surface area (Å²) in [6.45, 7) is 7.10. The van der Waals surface area contributed by atoms with Gasteiger partial charge >= 0.3 is 6.09 Å². The first kappa shape index (κ1) is 16.9. The predicted octanol–water partition coefficient (Wildman–Crippen LogP) is 2.31. The quantitative estimate of drug-likeness (QED) is 0.860. The molecule has 0 saturated carbocycles. The number of amides is 1. The maximum Gasteiger partial charge on any atom is 0.410 e. The van der Waals surface area contributed by atoms with Crippen molar-refractivity contribution in [2.45, 2.75) is 45.3 Å². The molecule has 1 aliphatic rings. The summed E-state index contributed by atoms with van der Waals surface area (Å²) in [5.74, 6) is -0.00982. The fraction of sp³-hybridized carbons (Fsp3) is 0.667. The van der Waals surface area contributed by atoms with Gasteiger partial charge in [0.2, 0.25) is 5.78 Å². The third-order valence-electron chi connectivity index (χ3n) is 3.30. The highest BCUT2D eigenvalue weighted by molar-refractivity contribution is 7.11. The summed E-state index contributed by atoms with van der Waals surface area (Å²) in [6.07, 6.45) is 3.19. The summed E-state index contributed by atoms with van der Waals surface area (Å²) in [5, 5.41) is 5.54. The van der Waals surface area contributed by atoms with Crippen molar-refractivity contribution in [1.29, 1.82) is 0 Å². The molecule has 1 aliphatic heterocycles. The molecule has 1 atom stereocenters. The van der Waals surface area contributed by atoms with E-state index in [0.29, 0.717) is 18.1 Å². The maximum atomic E-state index is 12.1. The van der Waals surface area contributed by atoms with E-state index in [1.807, 2.05) is 20.8 Å². The number of nitrogens with zero attached hydrogens (tertiary/aromatic N) is 2. The van der Waals surface area contributed by atoms with E-state index in [4.69, 9.17) is 4.74 Å². The van der Waals surface area contributed by atoms with Gasteiger partial charge in [0.15, 0.2) is 5.01 Å². The molecule has 6 nitrogen and oxygen atoms in total. The van der Waals surface area contributed by atoms with Crippen LogP contribution in [0.1, 0.15) is 43.4 Å². The minimum absolute atomic E-state index is 0.00982. The highest BCUT2D eigenvalue weighted by atomic mass is 32.1. The van der Waals surface area contributed by atoms with E-state index in [0.717, 1.165) is 12.8 Å². The van der Waals surface area contributed by atoms with Gasteiger partial charge in [-0.2, -0.15) is 0 Å². The molecule has 0 radical (unpaired) electrons. The topological polar surface area (TPSA) is 71.5 Å². The molecular formula is C15H23N3O3S. The second-order valence-corrected chi connectivity index (χ2v) is 7.30. The van der Waals surface area contributed by atoms with Crippen molar-refractivity contribution in [2.24, 2.45) is 0 Å². The predicted molar refractivity (Wildman–Crippen MR) is 85.3 cm³/mol. The van der Waals surface area contributed by atoms with Crippen LogP contribution in [0.25, 0.3) is 0 Å². The minimum atomic E-state index is -0.488. The van der Waals surface area contributed by atoms with Gasteiger partial charge in [-0.3, -0.25) is 4.79 Å². The average Bonchev–Trinajstić information content (AvgIpc) is 2.97. The van der Waals surface area contributed by atoms with Crippen molar-refractivity contribution in [2.75, 3.05) is 19.6 Å². The molecule has 1 fully saturated rings. The first-order valence-electron chi connectivity index (χ1n) is 7.49. The number of rotatable bonds is 4. The lowest BCUT2D eigenvalue weighted by atomic mass is 10.1. The Hall–Kier alpha value is -1.47. The number of ether oxygens (including phenoxy) is 1. The fourth-order valence-electron chi connectivity index (χ4n) is 2.31. The van der Waals surface area contributed by atoms with E-state index >= 15 is 0 Å². The molecule has 2 heterocycles. The van der Waals surface area contributed by atoms with E-state index < -0.39 is 5.60 Å². The van der Waals surface area contributed by atoms with Gasteiger partial charge in [-0.15, -0.1) is 11.3 Å². The summed E-state index contributed by atoms with van der Waals surface area (Å²) in [6, 6.07) is 0.116. The van der Waals surface area contributed by atoms with Gasteiger partial charge < -0.3 is 15.0 Å². The van der Waals surface area contributed by atoms with Gasteiger partial charge in [0.1, 0.15) is 5.60 Å². The molecule has 122 valence electrons. The van der Waals surface area contributed by atoms with Crippen molar-refractivity contribution >= 4 is 23.2 Å². The van der Waals surface area contributed by atoms with E-state index in [1.165, 1.54) is 11.3 Å². The monoisotopic (exact) mass is 325 g/mol. The van der Waals surface area contributed by atoms with Crippen molar-refractivity contribution < 1.29 is 14.3 Å². The van der Waals surface area contributed by atoms with E-state index in [2.05, 4.69) is 10.3 Å². The lowest BCUT2D eigenvalue weighted by Gasteiger charge is -2.34. The van der Waals surface area contributed by atoms with Crippen molar-refractivity contribution in [1.82, 2.24) is 15.2 Å². The SMILES string of the molecule is CC(C)(C)OC(=O)N1CCC[C@@H](NCC(=O)c2nccs2)C1. The van der Waals surface area contributed by atoms with Crippen LogP contribution in [0.4, 0.5) is 4.79 Å². The highest BCUT2D eigenvalue weighted by Crippen LogP contribution is 2.15. The van der Waals surface area contributed by atoms with E-state index in [-0.39, 0.29) is 24.5 Å². The van der Waals surface area contributed by atoms with Gasteiger partial charge in [0.25, 0.3) is 0 Å². The molecule has 0 unspecified atom stereocenters. The van der Waals surface area contributed by atoms with Gasteiger partial charge in [0.05, 0.1) is 6.54 Å². The number of nitrogens with one attached hydrogen (secondary N) is 1. The number of aromatic nitrogens is 1. The van der Waals surface area contributed by atoms with Crippen molar-refractivity contribution in [3.63, 3.8) is 0 Å². The summed E-state index contributed by atoms with van der Waals surface area (Å²) in [7, 11) is 0. The van der Waals surface area contributed by atoms with Crippen LogP contribution in [0.2, 0.25) is 0 Å². The molecular weight excluding hydrogens is 302 g/mol. The van der Waals surface area contributed by atoms with Crippen LogP contribution in [0.5, 0.6) is 0 Å². The maximum absolute atomic E-state index is 12.1. The zero-order chi connectivity index (χ0) is 16.2. The zero-order valence-corrected chi connectivity index (χ0v) is 14.1. The Bertz CT molecular complexity index is 511. The first-order chi connectivity index (χ1) is 10.3. The highest BCUT2D eigenvalue weighted by Gasteiger charge is 2.27. The van der Waals surface area contributed by atoms with Crippen LogP contribution in [0.3, 0.4) is 0 Å². The second-order valence-electron chi connectivity index (χ2n) is 6.41. The molecule has 0 spiro atoms. The van der Waals surface area contributed by atoms with Crippen LogP contribution >= 0.6 is 11.3 Å². The number of piperidine rings is 1. The normalized spacial score (nSPS) is 19.0. The molecule has 0 aliphatic carbocycles. The van der Waals surface area contributed by atoms with Gasteiger partial charge in [-0.25, -0.2) is 9.78 Å². The third-order valence-corrected chi connectivity index (χ3v) is 4.11. The summed E-state index contributed by atoms with van der Waals surface area (Å²) in [5.41, 5.74) is -0.488. The van der Waals surface area contributed by atoms with Crippen LogP contribution in [-0.2, 0) is 4.74 Å². The Morgan fingerprint density at radius 1 is 1.50 bits per heavy atom. The average molecular weight is 325 g/mol. The number of hydrogen-bond donors (Lipinski definition) is 1. The molecule has 0 aromatic carbocycles. The van der Waals surface area contributed by atoms with Crippen LogP contribution in [0, 0.1) is 0 Å². The van der Waals surface area contributed by atoms with Gasteiger partial charge in [0, 0.05) is 30.7 Å². The van der Waals surface area contributed by atoms with Crippen molar-refractivity contribution in [3.8, 4) is 0 Å². The standard InChI is InChI=1S/C15H23N3O3S/c1-15(2,3)21-14(20)18-7-4-5-11(10-18)17-9-12(19)13-16-6-8-22-13/h6,8,11,17H,4-5,7,9-10H2,1-3H3/t11-/m1/s1. The van der Waals surface area contributed by atoms with Gasteiger partial charge in [-0.05, 0) is 33.6 Å². The second kappa shape index (κ2) is 7.19. The largest absolute Gasteiger partial charge is 0.444 e. The van der Waals surface area contributed by atoms with Crippen LogP contribution in [0.15, 0.2) is 11.6 Å². The molecule has 1 N–H and O–H groups in total. The fourth-order valence-corrected chi connectivity index (χ4v) is 2.89. The smallest absolute Gasteiger partial charge is 0.410 e. The number of likely N-dealkylation sites (tertiary alicyclic amines) is 1. The third kappa shape index (κ3) is 5.06. The Labute approximate surface area is 134 Å². The molecule has 2 rings (SSSR count). The summed E-state index contributed by atoms with van der Waals surface area (Å²) in [4.78, 5) is 29.7. The van der Waals surface area contributed by atoms with Crippen LogP contribution < -0.4 is 5.32 Å². The molecule has 0 bridgehead atoms. The van der Waals surface area contributed by atoms with Crippen molar-refractivity contribution in [3.05, 3.63) is 16.6 Å². The first-order valence-corrected chi connectivity index (χ1v) is 8.37. The number of ketones is 1. The molecule has 22 heavy (non-hydrogen) atoms. The molecule has 1 saturated heterocycles. The lowest BCUT2D eigenvalue weighted by molar-refractivity contribution is 0.0188. The Balaban J connectivity index is 1.80. The number of hydrogen-bond acceptors (Lipinski definition) is 6. The summed E-state index contributed by atoms with van der Waals surface area (Å²) < 4.78 is 5.39. The Kier molecular flexibility index (Phi) is 5.52. The molecule has 1 amide bonds. The van der Waals surface area contributed by atoms with E-state index in [9.17, 15) is 9.59 Å². The number of thiazole rings is 1. The minimum Gasteiger partial charge on any atom is -0.444 e. The number of Topliss-reactive ketones (excluding diaryl/α,β-unsaturated/α-hetero) is 1. The zero-order valence-electron chi connectivity index (χ0n) is 13.3. The molecule has 7 heteroatoms. The van der Waals surface area contributed by atoms with Gasteiger partial charge in [-0.1, -0.05) is 0 Å². The Morgan fingerprint density at radius 3 is 2.91 bits per heavy atom. The molecule has 1 aromatic rings. The molecule has 1 aromatic heterocycles.